The van der Waals surface area contributed by atoms with Crippen LogP contribution in [0.2, 0.25) is 5.02 Å². The minimum absolute atomic E-state index is 0.0323. The van der Waals surface area contributed by atoms with Crippen LogP contribution in [0.15, 0.2) is 46.0 Å². The molecule has 3 rings (SSSR count). The van der Waals surface area contributed by atoms with Gasteiger partial charge in [-0.3, -0.25) is 0 Å². The number of benzene rings is 1. The lowest BCUT2D eigenvalue weighted by atomic mass is 9.75. The maximum Gasteiger partial charge on any atom is 0.243 e. The monoisotopic (exact) mass is 385 g/mol. The fourth-order valence-corrected chi connectivity index (χ4v) is 5.84. The average molecular weight is 386 g/mol. The molecule has 2 heterocycles. The number of hydrogen-bond donors (Lipinski definition) is 1. The molecule has 1 saturated heterocycles. The van der Waals surface area contributed by atoms with Crippen molar-refractivity contribution in [3.8, 4) is 0 Å². The third kappa shape index (κ3) is 3.53. The summed E-state index contributed by atoms with van der Waals surface area (Å²) in [4.78, 5) is 0.357. The van der Waals surface area contributed by atoms with Crippen molar-refractivity contribution in [1.29, 1.82) is 0 Å². The highest BCUT2D eigenvalue weighted by Crippen LogP contribution is 2.38. The van der Waals surface area contributed by atoms with E-state index in [1.54, 1.807) is 16.8 Å². The van der Waals surface area contributed by atoms with Crippen LogP contribution in [-0.4, -0.2) is 37.5 Å². The smallest absolute Gasteiger partial charge is 0.243 e. The first kappa shape index (κ1) is 17.9. The molecule has 0 amide bonds. The van der Waals surface area contributed by atoms with Crippen molar-refractivity contribution < 1.29 is 13.5 Å². The van der Waals surface area contributed by atoms with Crippen LogP contribution in [-0.2, 0) is 16.4 Å². The van der Waals surface area contributed by atoms with E-state index in [2.05, 4.69) is 0 Å². The molecule has 1 aliphatic heterocycles. The number of piperidine rings is 1. The number of nitrogens with zero attached hydrogens (tertiary/aromatic N) is 1. The molecule has 1 N–H and O–H groups in total. The van der Waals surface area contributed by atoms with Gasteiger partial charge in [0.2, 0.25) is 10.0 Å². The summed E-state index contributed by atoms with van der Waals surface area (Å²) in [5.74, 6) is 0. The summed E-state index contributed by atoms with van der Waals surface area (Å²) in [5.41, 5.74) is 0.688. The van der Waals surface area contributed by atoms with E-state index < -0.39 is 10.0 Å². The van der Waals surface area contributed by atoms with Gasteiger partial charge in [0.25, 0.3) is 0 Å². The molecule has 24 heavy (non-hydrogen) atoms. The highest BCUT2D eigenvalue weighted by molar-refractivity contribution is 7.89. The van der Waals surface area contributed by atoms with Crippen molar-refractivity contribution in [2.45, 2.75) is 24.2 Å². The number of sulfonamides is 1. The maximum absolute atomic E-state index is 12.6. The topological polar surface area (TPSA) is 57.6 Å². The average Bonchev–Trinajstić information content (AvgIpc) is 3.13. The van der Waals surface area contributed by atoms with Crippen LogP contribution >= 0.6 is 22.9 Å². The van der Waals surface area contributed by atoms with E-state index in [9.17, 15) is 13.5 Å². The summed E-state index contributed by atoms with van der Waals surface area (Å²) < 4.78 is 26.7. The molecule has 1 aliphatic rings. The summed E-state index contributed by atoms with van der Waals surface area (Å²) in [7, 11) is -3.42. The molecule has 0 spiro atoms. The van der Waals surface area contributed by atoms with Crippen LogP contribution in [0.25, 0.3) is 0 Å². The second-order valence-electron chi connectivity index (χ2n) is 6.29. The Morgan fingerprint density at radius 2 is 1.92 bits per heavy atom. The van der Waals surface area contributed by atoms with E-state index in [0.29, 0.717) is 42.3 Å². The molecular weight excluding hydrogens is 366 g/mol. The van der Waals surface area contributed by atoms with Crippen molar-refractivity contribution in [3.63, 3.8) is 0 Å². The van der Waals surface area contributed by atoms with Gasteiger partial charge in [0, 0.05) is 35.5 Å². The fourth-order valence-electron chi connectivity index (χ4n) is 3.19. The molecule has 0 unspecified atom stereocenters. The van der Waals surface area contributed by atoms with Crippen molar-refractivity contribution >= 4 is 33.0 Å². The molecule has 0 atom stereocenters. The number of aliphatic hydroxyl groups excluding tert-OH is 1. The Kier molecular flexibility index (Phi) is 5.32. The summed E-state index contributed by atoms with van der Waals surface area (Å²) in [6, 6.07) is 9.26. The van der Waals surface area contributed by atoms with Crippen LogP contribution < -0.4 is 0 Å². The van der Waals surface area contributed by atoms with E-state index >= 15 is 0 Å². The van der Waals surface area contributed by atoms with Gasteiger partial charge in [-0.25, -0.2) is 8.42 Å². The van der Waals surface area contributed by atoms with Crippen molar-refractivity contribution in [2.75, 3.05) is 19.7 Å². The first-order valence-electron chi connectivity index (χ1n) is 7.83. The van der Waals surface area contributed by atoms with E-state index in [1.165, 1.54) is 15.6 Å². The van der Waals surface area contributed by atoms with E-state index in [1.807, 2.05) is 24.3 Å². The summed E-state index contributed by atoms with van der Waals surface area (Å²) in [6.07, 6.45) is 1.91. The molecule has 0 bridgehead atoms. The van der Waals surface area contributed by atoms with Crippen LogP contribution in [0.5, 0.6) is 0 Å². The number of halogens is 1. The Bertz CT molecular complexity index is 782. The van der Waals surface area contributed by atoms with Gasteiger partial charge < -0.3 is 5.11 Å². The molecular formula is C17H20ClNO3S2. The predicted molar refractivity (Wildman–Crippen MR) is 97.0 cm³/mol. The lowest BCUT2D eigenvalue weighted by Gasteiger charge is -2.40. The Labute approximate surface area is 151 Å². The van der Waals surface area contributed by atoms with Crippen molar-refractivity contribution in [3.05, 3.63) is 51.7 Å². The predicted octanol–water partition coefficient (Wildman–Crippen LogP) is 3.41. The van der Waals surface area contributed by atoms with Gasteiger partial charge in [0.05, 0.1) is 4.90 Å². The maximum atomic E-state index is 12.6. The van der Waals surface area contributed by atoms with Gasteiger partial charge in [-0.1, -0.05) is 29.8 Å². The van der Waals surface area contributed by atoms with E-state index in [0.717, 1.165) is 5.56 Å². The molecule has 4 nitrogen and oxygen atoms in total. The van der Waals surface area contributed by atoms with Gasteiger partial charge in [-0.15, -0.1) is 0 Å². The van der Waals surface area contributed by atoms with E-state index in [4.69, 9.17) is 11.6 Å². The first-order chi connectivity index (χ1) is 11.5. The van der Waals surface area contributed by atoms with Crippen LogP contribution in [0.4, 0.5) is 0 Å². The van der Waals surface area contributed by atoms with Crippen molar-refractivity contribution in [1.82, 2.24) is 4.31 Å². The molecule has 2 aromatic rings. The summed E-state index contributed by atoms with van der Waals surface area (Å²) in [6.45, 7) is 0.872. The minimum atomic E-state index is -3.42. The third-order valence-electron chi connectivity index (χ3n) is 4.77. The SMILES string of the molecule is O=S(=O)(c1ccsc1)N1CCC(CO)(Cc2ccccc2Cl)CC1. The third-order valence-corrected chi connectivity index (χ3v) is 7.87. The molecule has 0 saturated carbocycles. The van der Waals surface area contributed by atoms with Crippen LogP contribution in [0, 0.1) is 5.41 Å². The molecule has 1 fully saturated rings. The normalized spacial score (nSPS) is 18.6. The lowest BCUT2D eigenvalue weighted by molar-refractivity contribution is 0.0685. The van der Waals surface area contributed by atoms with Gasteiger partial charge >= 0.3 is 0 Å². The number of thiophene rings is 1. The zero-order valence-electron chi connectivity index (χ0n) is 13.2. The van der Waals surface area contributed by atoms with Crippen LogP contribution in [0.1, 0.15) is 18.4 Å². The molecule has 1 aromatic carbocycles. The van der Waals surface area contributed by atoms with Gasteiger partial charge in [-0.05, 0) is 42.3 Å². The molecule has 130 valence electrons. The van der Waals surface area contributed by atoms with E-state index in [-0.39, 0.29) is 12.0 Å². The highest BCUT2D eigenvalue weighted by atomic mass is 35.5. The largest absolute Gasteiger partial charge is 0.396 e. The Balaban J connectivity index is 1.74. The highest BCUT2D eigenvalue weighted by Gasteiger charge is 2.38. The van der Waals surface area contributed by atoms with Gasteiger partial charge in [0.15, 0.2) is 0 Å². The number of rotatable bonds is 5. The Morgan fingerprint density at radius 1 is 1.21 bits per heavy atom. The fraction of sp³-hybridized carbons (Fsp3) is 0.412. The zero-order valence-corrected chi connectivity index (χ0v) is 15.6. The van der Waals surface area contributed by atoms with Crippen molar-refractivity contribution in [2.24, 2.45) is 5.41 Å². The summed E-state index contributed by atoms with van der Waals surface area (Å²) >= 11 is 7.62. The summed E-state index contributed by atoms with van der Waals surface area (Å²) in [5, 5.41) is 14.1. The standard InChI is InChI=1S/C17H20ClNO3S2/c18-16-4-2-1-3-14(16)11-17(13-20)6-8-19(9-7-17)24(21,22)15-5-10-23-12-15/h1-5,10,12,20H,6-9,11,13H2. The van der Waals surface area contributed by atoms with Gasteiger partial charge in [0.1, 0.15) is 0 Å². The molecule has 7 heteroatoms. The Morgan fingerprint density at radius 3 is 2.50 bits per heavy atom. The van der Waals surface area contributed by atoms with Gasteiger partial charge in [-0.2, -0.15) is 15.6 Å². The second-order valence-corrected chi connectivity index (χ2v) is 9.41. The number of aliphatic hydroxyl groups is 1. The molecule has 1 aromatic heterocycles. The van der Waals surface area contributed by atoms with Crippen LogP contribution in [0.3, 0.4) is 0 Å². The second kappa shape index (κ2) is 7.14. The lowest BCUT2D eigenvalue weighted by Crippen LogP contribution is -2.45. The molecule has 0 aliphatic carbocycles. The first-order valence-corrected chi connectivity index (χ1v) is 10.6. The Hall–Kier alpha value is -0.920. The number of hydrogen-bond acceptors (Lipinski definition) is 4. The minimum Gasteiger partial charge on any atom is -0.396 e. The quantitative estimate of drug-likeness (QED) is 0.858. The molecule has 0 radical (unpaired) electrons. The zero-order chi connectivity index (χ0) is 17.2.